The molecule has 0 aliphatic rings. The molecular formula is C18H15FN6O2S. The molecule has 0 fully saturated rings. The Hall–Kier alpha value is -3.40. The van der Waals surface area contributed by atoms with Crippen LogP contribution in [0.15, 0.2) is 52.4 Å². The molecule has 1 atom stereocenters. The molecule has 0 aliphatic carbocycles. The molecule has 0 saturated heterocycles. The number of rotatable bonds is 5. The van der Waals surface area contributed by atoms with Crippen LogP contribution >= 0.6 is 11.8 Å². The van der Waals surface area contributed by atoms with E-state index in [9.17, 15) is 14.0 Å². The first-order valence-corrected chi connectivity index (χ1v) is 9.24. The van der Waals surface area contributed by atoms with Gasteiger partial charge in [-0.2, -0.15) is 0 Å². The summed E-state index contributed by atoms with van der Waals surface area (Å²) in [6.45, 7) is 1.72. The van der Waals surface area contributed by atoms with Crippen LogP contribution in [0, 0.1) is 5.82 Å². The Morgan fingerprint density at radius 1 is 1.18 bits per heavy atom. The first kappa shape index (κ1) is 18.0. The number of carbonyl (C=O) groups is 1. The number of nitrogens with one attached hydrogen (secondary N) is 4. The minimum Gasteiger partial charge on any atom is -0.325 e. The molecule has 2 aromatic heterocycles. The zero-order valence-electron chi connectivity index (χ0n) is 14.6. The maximum Gasteiger partial charge on any atom is 0.323 e. The van der Waals surface area contributed by atoms with E-state index < -0.39 is 11.1 Å². The van der Waals surface area contributed by atoms with Gasteiger partial charge in [-0.05, 0) is 37.3 Å². The van der Waals surface area contributed by atoms with Gasteiger partial charge in [-0.25, -0.2) is 14.2 Å². The number of hydrogen-bond donors (Lipinski definition) is 4. The number of fused-ring (bicyclic) bond motifs is 1. The van der Waals surface area contributed by atoms with E-state index in [4.69, 9.17) is 0 Å². The van der Waals surface area contributed by atoms with Gasteiger partial charge in [-0.3, -0.25) is 9.89 Å². The van der Waals surface area contributed by atoms with E-state index >= 15 is 0 Å². The summed E-state index contributed by atoms with van der Waals surface area (Å²) in [7, 11) is 0. The predicted molar refractivity (Wildman–Crippen MR) is 105 cm³/mol. The summed E-state index contributed by atoms with van der Waals surface area (Å²) in [5.74, 6) is -0.353. The van der Waals surface area contributed by atoms with Gasteiger partial charge in [0.1, 0.15) is 5.82 Å². The van der Waals surface area contributed by atoms with Crippen molar-refractivity contribution >= 4 is 34.4 Å². The van der Waals surface area contributed by atoms with Crippen LogP contribution in [-0.4, -0.2) is 36.3 Å². The average molecular weight is 398 g/mol. The van der Waals surface area contributed by atoms with Crippen LogP contribution in [0.25, 0.3) is 22.4 Å². The lowest BCUT2D eigenvalue weighted by atomic mass is 10.2. The summed E-state index contributed by atoms with van der Waals surface area (Å²) in [5, 5.41) is 9.37. The molecule has 4 rings (SSSR count). The molecule has 4 N–H and O–H groups in total. The van der Waals surface area contributed by atoms with Crippen LogP contribution < -0.4 is 11.0 Å². The van der Waals surface area contributed by atoms with E-state index in [1.807, 2.05) is 0 Å². The second kappa shape index (κ2) is 7.31. The lowest BCUT2D eigenvalue weighted by Crippen LogP contribution is -2.22. The Labute approximate surface area is 162 Å². The molecule has 142 valence electrons. The fourth-order valence-electron chi connectivity index (χ4n) is 2.64. The highest BCUT2D eigenvalue weighted by molar-refractivity contribution is 8.00. The van der Waals surface area contributed by atoms with Crippen molar-refractivity contribution in [3.05, 3.63) is 58.8 Å². The standard InChI is InChI=1S/C18H15FN6O2S/c1-9(16(26)20-10-6-7-13-14(8-10)22-17(27)21-13)28-18-23-15(24-25-18)11-4-2-3-5-12(11)19/h2-9H,1H3,(H,20,26)(H2,21,22,27)(H,23,24,25)/t9-/m1/s1. The summed E-state index contributed by atoms with van der Waals surface area (Å²) >= 11 is 1.15. The second-order valence-corrected chi connectivity index (χ2v) is 7.34. The van der Waals surface area contributed by atoms with E-state index in [1.54, 1.807) is 43.3 Å². The summed E-state index contributed by atoms with van der Waals surface area (Å²) in [4.78, 5) is 33.3. The molecule has 2 aromatic carbocycles. The van der Waals surface area contributed by atoms with Gasteiger partial charge in [0.15, 0.2) is 5.82 Å². The number of anilines is 1. The Balaban J connectivity index is 1.44. The molecule has 0 spiro atoms. The maximum atomic E-state index is 13.8. The Bertz CT molecular complexity index is 1210. The van der Waals surface area contributed by atoms with E-state index in [0.29, 0.717) is 33.3 Å². The fourth-order valence-corrected chi connectivity index (χ4v) is 3.36. The number of amides is 1. The highest BCUT2D eigenvalue weighted by Crippen LogP contribution is 2.25. The van der Waals surface area contributed by atoms with Crippen LogP contribution in [0.2, 0.25) is 0 Å². The third kappa shape index (κ3) is 3.67. The van der Waals surface area contributed by atoms with Gasteiger partial charge >= 0.3 is 5.69 Å². The van der Waals surface area contributed by atoms with Crippen molar-refractivity contribution in [2.24, 2.45) is 0 Å². The SMILES string of the molecule is C[C@@H](Sc1n[nH]c(-c2ccccc2F)n1)C(=O)Nc1ccc2[nH]c(=O)[nH]c2c1. The highest BCUT2D eigenvalue weighted by Gasteiger charge is 2.18. The Morgan fingerprint density at radius 3 is 2.79 bits per heavy atom. The topological polar surface area (TPSA) is 119 Å². The van der Waals surface area contributed by atoms with Crippen LogP contribution in [-0.2, 0) is 4.79 Å². The monoisotopic (exact) mass is 398 g/mol. The number of imidazole rings is 1. The number of H-pyrrole nitrogens is 3. The van der Waals surface area contributed by atoms with E-state index in [1.165, 1.54) is 6.07 Å². The molecule has 28 heavy (non-hydrogen) atoms. The molecule has 4 aromatic rings. The van der Waals surface area contributed by atoms with Crippen molar-refractivity contribution in [3.8, 4) is 11.4 Å². The Kier molecular flexibility index (Phi) is 4.70. The van der Waals surface area contributed by atoms with E-state index in [-0.39, 0.29) is 11.6 Å². The van der Waals surface area contributed by atoms with Gasteiger partial charge in [-0.1, -0.05) is 23.9 Å². The van der Waals surface area contributed by atoms with E-state index in [2.05, 4.69) is 30.5 Å². The van der Waals surface area contributed by atoms with Gasteiger partial charge < -0.3 is 15.3 Å². The molecule has 1 amide bonds. The number of carbonyl (C=O) groups excluding carboxylic acids is 1. The van der Waals surface area contributed by atoms with Crippen LogP contribution in [0.1, 0.15) is 6.92 Å². The lowest BCUT2D eigenvalue weighted by molar-refractivity contribution is -0.115. The van der Waals surface area contributed by atoms with Gasteiger partial charge in [0, 0.05) is 5.69 Å². The molecule has 2 heterocycles. The molecular weight excluding hydrogens is 383 g/mol. The summed E-state index contributed by atoms with van der Waals surface area (Å²) in [6, 6.07) is 11.3. The van der Waals surface area contributed by atoms with Crippen molar-refractivity contribution in [1.29, 1.82) is 0 Å². The van der Waals surface area contributed by atoms with Gasteiger partial charge in [-0.15, -0.1) is 5.10 Å². The second-order valence-electron chi connectivity index (χ2n) is 6.04. The van der Waals surface area contributed by atoms with Crippen molar-refractivity contribution in [3.63, 3.8) is 0 Å². The maximum absolute atomic E-state index is 13.8. The zero-order chi connectivity index (χ0) is 19.7. The lowest BCUT2D eigenvalue weighted by Gasteiger charge is -2.10. The number of thioether (sulfide) groups is 1. The molecule has 0 bridgehead atoms. The fraction of sp³-hybridized carbons (Fsp3) is 0.111. The molecule has 0 aliphatic heterocycles. The molecule has 0 saturated carbocycles. The molecule has 0 unspecified atom stereocenters. The number of hydrogen-bond acceptors (Lipinski definition) is 5. The third-order valence-electron chi connectivity index (χ3n) is 4.03. The van der Waals surface area contributed by atoms with Crippen molar-refractivity contribution in [2.45, 2.75) is 17.3 Å². The summed E-state index contributed by atoms with van der Waals surface area (Å²) < 4.78 is 13.8. The van der Waals surface area contributed by atoms with Crippen LogP contribution in [0.3, 0.4) is 0 Å². The predicted octanol–water partition coefficient (Wildman–Crippen LogP) is 2.90. The average Bonchev–Trinajstić information content (AvgIpc) is 3.27. The first-order chi connectivity index (χ1) is 13.5. The molecule has 0 radical (unpaired) electrons. The van der Waals surface area contributed by atoms with Crippen molar-refractivity contribution in [1.82, 2.24) is 25.1 Å². The zero-order valence-corrected chi connectivity index (χ0v) is 15.4. The quantitative estimate of drug-likeness (QED) is 0.385. The number of nitrogens with zero attached hydrogens (tertiary/aromatic N) is 2. The Morgan fingerprint density at radius 2 is 1.96 bits per heavy atom. The van der Waals surface area contributed by atoms with Crippen LogP contribution in [0.4, 0.5) is 10.1 Å². The van der Waals surface area contributed by atoms with Gasteiger partial charge in [0.25, 0.3) is 0 Å². The minimum atomic E-state index is -0.495. The highest BCUT2D eigenvalue weighted by atomic mass is 32.2. The molecule has 10 heteroatoms. The first-order valence-electron chi connectivity index (χ1n) is 8.36. The van der Waals surface area contributed by atoms with E-state index in [0.717, 1.165) is 11.8 Å². The number of aromatic amines is 3. The minimum absolute atomic E-state index is 0.250. The van der Waals surface area contributed by atoms with Crippen LogP contribution in [0.5, 0.6) is 0 Å². The summed E-state index contributed by atoms with van der Waals surface area (Å²) in [5.41, 5.74) is 1.83. The number of halogens is 1. The third-order valence-corrected chi connectivity index (χ3v) is 4.99. The summed E-state index contributed by atoms with van der Waals surface area (Å²) in [6.07, 6.45) is 0. The smallest absolute Gasteiger partial charge is 0.323 e. The van der Waals surface area contributed by atoms with Crippen molar-refractivity contribution in [2.75, 3.05) is 5.32 Å². The van der Waals surface area contributed by atoms with Crippen molar-refractivity contribution < 1.29 is 9.18 Å². The number of benzene rings is 2. The van der Waals surface area contributed by atoms with Gasteiger partial charge in [0.05, 0.1) is 21.8 Å². The largest absolute Gasteiger partial charge is 0.325 e. The normalized spacial score (nSPS) is 12.2. The molecule has 8 nitrogen and oxygen atoms in total. The van der Waals surface area contributed by atoms with Gasteiger partial charge in [0.2, 0.25) is 11.1 Å². The number of aromatic nitrogens is 5.